The molecule has 0 saturated carbocycles. The molecule has 0 amide bonds. The van der Waals surface area contributed by atoms with Gasteiger partial charge in [-0.15, -0.1) is 0 Å². The van der Waals surface area contributed by atoms with Crippen molar-refractivity contribution in [3.63, 3.8) is 0 Å². The first-order chi connectivity index (χ1) is 8.20. The van der Waals surface area contributed by atoms with E-state index < -0.39 is 11.6 Å². The van der Waals surface area contributed by atoms with Gasteiger partial charge in [0.05, 0.1) is 5.56 Å². The summed E-state index contributed by atoms with van der Waals surface area (Å²) >= 11 is 0. The molecule has 0 bridgehead atoms. The largest absolute Gasteiger partial charge is 0.456 e. The van der Waals surface area contributed by atoms with Gasteiger partial charge in [0.15, 0.2) is 11.6 Å². The number of rotatable bonds is 2. The van der Waals surface area contributed by atoms with E-state index in [1.54, 1.807) is 24.3 Å². The summed E-state index contributed by atoms with van der Waals surface area (Å²) in [7, 11) is 0. The average molecular weight is 231 g/mol. The van der Waals surface area contributed by atoms with Crippen LogP contribution in [0.4, 0.5) is 8.78 Å². The van der Waals surface area contributed by atoms with Gasteiger partial charge in [-0.05, 0) is 24.3 Å². The molecule has 0 N–H and O–H groups in total. The molecule has 2 rings (SSSR count). The van der Waals surface area contributed by atoms with E-state index in [1.807, 2.05) is 6.07 Å². The van der Waals surface area contributed by atoms with Crippen LogP contribution in [0.1, 0.15) is 5.56 Å². The highest BCUT2D eigenvalue weighted by atomic mass is 19.2. The molecule has 4 heteroatoms. The lowest BCUT2D eigenvalue weighted by molar-refractivity contribution is 0.460. The zero-order valence-electron chi connectivity index (χ0n) is 8.65. The van der Waals surface area contributed by atoms with Gasteiger partial charge in [-0.3, -0.25) is 0 Å². The lowest BCUT2D eigenvalue weighted by Crippen LogP contribution is -1.90. The van der Waals surface area contributed by atoms with E-state index in [4.69, 9.17) is 10.00 Å². The Hall–Kier alpha value is -2.41. The maximum atomic E-state index is 12.9. The lowest BCUT2D eigenvalue weighted by Gasteiger charge is -2.07. The molecule has 0 radical (unpaired) electrons. The molecule has 0 unspecified atom stereocenters. The fourth-order valence-corrected chi connectivity index (χ4v) is 1.32. The van der Waals surface area contributed by atoms with Gasteiger partial charge in [0.25, 0.3) is 0 Å². The van der Waals surface area contributed by atoms with E-state index in [0.29, 0.717) is 11.3 Å². The summed E-state index contributed by atoms with van der Waals surface area (Å²) in [5.41, 5.74) is 0.331. The van der Waals surface area contributed by atoms with Crippen LogP contribution in [0.25, 0.3) is 0 Å². The van der Waals surface area contributed by atoms with Crippen LogP contribution in [0.3, 0.4) is 0 Å². The fourth-order valence-electron chi connectivity index (χ4n) is 1.32. The van der Waals surface area contributed by atoms with E-state index in [9.17, 15) is 8.78 Å². The van der Waals surface area contributed by atoms with E-state index >= 15 is 0 Å². The van der Waals surface area contributed by atoms with Gasteiger partial charge in [0.2, 0.25) is 0 Å². The first-order valence-electron chi connectivity index (χ1n) is 4.83. The van der Waals surface area contributed by atoms with Crippen LogP contribution < -0.4 is 4.74 Å². The summed E-state index contributed by atoms with van der Waals surface area (Å²) in [6, 6.07) is 11.7. The van der Waals surface area contributed by atoms with Gasteiger partial charge in [0, 0.05) is 6.07 Å². The van der Waals surface area contributed by atoms with Crippen molar-refractivity contribution >= 4 is 0 Å². The number of nitrogens with zero attached hydrogens (tertiary/aromatic N) is 1. The van der Waals surface area contributed by atoms with E-state index in [1.165, 1.54) is 6.07 Å². The Labute approximate surface area is 96.7 Å². The third kappa shape index (κ3) is 2.40. The van der Waals surface area contributed by atoms with Crippen molar-refractivity contribution < 1.29 is 13.5 Å². The second-order valence-corrected chi connectivity index (χ2v) is 3.29. The molecule has 0 aliphatic rings. The monoisotopic (exact) mass is 231 g/mol. The summed E-state index contributed by atoms with van der Waals surface area (Å²) in [5.74, 6) is -1.48. The molecule has 2 aromatic rings. The first kappa shape index (κ1) is 11.1. The number of benzene rings is 2. The Balaban J connectivity index is 2.32. The van der Waals surface area contributed by atoms with E-state index in [-0.39, 0.29) is 5.75 Å². The molecule has 0 heterocycles. The molecule has 17 heavy (non-hydrogen) atoms. The highest BCUT2D eigenvalue weighted by molar-refractivity contribution is 5.45. The van der Waals surface area contributed by atoms with Crippen molar-refractivity contribution in [1.82, 2.24) is 0 Å². The van der Waals surface area contributed by atoms with Gasteiger partial charge in [0.1, 0.15) is 17.6 Å². The topological polar surface area (TPSA) is 33.0 Å². The SMILES string of the molecule is N#Cc1ccccc1Oc1ccc(F)c(F)c1. The minimum absolute atomic E-state index is 0.145. The van der Waals surface area contributed by atoms with Crippen LogP contribution in [0.2, 0.25) is 0 Å². The first-order valence-corrected chi connectivity index (χ1v) is 4.83. The Kier molecular flexibility index (Phi) is 3.01. The highest BCUT2D eigenvalue weighted by Crippen LogP contribution is 2.25. The van der Waals surface area contributed by atoms with Crippen LogP contribution in [0.5, 0.6) is 11.5 Å². The minimum atomic E-state index is -0.989. The van der Waals surface area contributed by atoms with Crippen LogP contribution >= 0.6 is 0 Å². The normalized spacial score (nSPS) is 9.71. The van der Waals surface area contributed by atoms with E-state index in [2.05, 4.69) is 0 Å². The standard InChI is InChI=1S/C13H7F2NO/c14-11-6-5-10(7-12(11)15)17-13-4-2-1-3-9(13)8-16/h1-7H. The smallest absolute Gasteiger partial charge is 0.162 e. The van der Waals surface area contributed by atoms with Gasteiger partial charge >= 0.3 is 0 Å². The maximum absolute atomic E-state index is 12.9. The van der Waals surface area contributed by atoms with E-state index in [0.717, 1.165) is 12.1 Å². The number of para-hydroxylation sites is 1. The van der Waals surface area contributed by atoms with Gasteiger partial charge in [-0.1, -0.05) is 12.1 Å². The minimum Gasteiger partial charge on any atom is -0.456 e. The quantitative estimate of drug-likeness (QED) is 0.790. The van der Waals surface area contributed by atoms with Crippen molar-refractivity contribution in [2.75, 3.05) is 0 Å². The Bertz CT molecular complexity index is 590. The predicted octanol–water partition coefficient (Wildman–Crippen LogP) is 3.63. The van der Waals surface area contributed by atoms with Crippen LogP contribution in [0.15, 0.2) is 42.5 Å². The molecule has 0 aliphatic heterocycles. The fraction of sp³-hybridized carbons (Fsp3) is 0. The van der Waals surface area contributed by atoms with Crippen LogP contribution in [-0.4, -0.2) is 0 Å². The molecule has 2 nitrogen and oxygen atoms in total. The number of halogens is 2. The van der Waals surface area contributed by atoms with Crippen molar-refractivity contribution in [3.8, 4) is 17.6 Å². The molecule has 2 aromatic carbocycles. The number of hydrogen-bond donors (Lipinski definition) is 0. The van der Waals surface area contributed by atoms with Crippen LogP contribution in [0, 0.1) is 23.0 Å². The van der Waals surface area contributed by atoms with Crippen molar-refractivity contribution in [2.45, 2.75) is 0 Å². The average Bonchev–Trinajstić information content (AvgIpc) is 2.34. The Morgan fingerprint density at radius 3 is 2.47 bits per heavy atom. The summed E-state index contributed by atoms with van der Waals surface area (Å²) < 4.78 is 31.0. The second kappa shape index (κ2) is 4.62. The van der Waals surface area contributed by atoms with Gasteiger partial charge < -0.3 is 4.74 Å². The zero-order chi connectivity index (χ0) is 12.3. The summed E-state index contributed by atoms with van der Waals surface area (Å²) in [5, 5.41) is 8.83. The summed E-state index contributed by atoms with van der Waals surface area (Å²) in [6.07, 6.45) is 0. The van der Waals surface area contributed by atoms with Crippen molar-refractivity contribution in [1.29, 1.82) is 5.26 Å². The molecule has 0 fully saturated rings. The van der Waals surface area contributed by atoms with Crippen LogP contribution in [-0.2, 0) is 0 Å². The summed E-state index contributed by atoms with van der Waals surface area (Å²) in [4.78, 5) is 0. The summed E-state index contributed by atoms with van der Waals surface area (Å²) in [6.45, 7) is 0. The number of ether oxygens (including phenoxy) is 1. The second-order valence-electron chi connectivity index (χ2n) is 3.29. The zero-order valence-corrected chi connectivity index (χ0v) is 8.65. The molecule has 84 valence electrons. The molecule has 0 aromatic heterocycles. The Morgan fingerprint density at radius 1 is 1.00 bits per heavy atom. The number of hydrogen-bond acceptors (Lipinski definition) is 2. The highest BCUT2D eigenvalue weighted by Gasteiger charge is 2.06. The molecule has 0 saturated heterocycles. The van der Waals surface area contributed by atoms with Crippen molar-refractivity contribution in [2.24, 2.45) is 0 Å². The van der Waals surface area contributed by atoms with Gasteiger partial charge in [-0.25, -0.2) is 8.78 Å². The lowest BCUT2D eigenvalue weighted by atomic mass is 10.2. The maximum Gasteiger partial charge on any atom is 0.162 e. The third-order valence-corrected chi connectivity index (χ3v) is 2.13. The molecular formula is C13H7F2NO. The predicted molar refractivity (Wildman–Crippen MR) is 57.6 cm³/mol. The van der Waals surface area contributed by atoms with Crippen molar-refractivity contribution in [3.05, 3.63) is 59.7 Å². The molecule has 0 spiro atoms. The number of nitriles is 1. The molecular weight excluding hydrogens is 224 g/mol. The molecule has 0 aliphatic carbocycles. The molecule has 0 atom stereocenters. The third-order valence-electron chi connectivity index (χ3n) is 2.13. The Morgan fingerprint density at radius 2 is 1.76 bits per heavy atom. The van der Waals surface area contributed by atoms with Gasteiger partial charge in [-0.2, -0.15) is 5.26 Å².